The minimum absolute atomic E-state index is 0.00948. The Morgan fingerprint density at radius 2 is 1.79 bits per heavy atom. The molecule has 1 atom stereocenters. The topological polar surface area (TPSA) is 127 Å². The highest BCUT2D eigenvalue weighted by molar-refractivity contribution is 6.02. The minimum Gasteiger partial charge on any atom is -0.388 e. The number of rotatable bonds is 7. The van der Waals surface area contributed by atoms with Gasteiger partial charge >= 0.3 is 5.76 Å². The third-order valence-corrected chi connectivity index (χ3v) is 9.22. The molecule has 3 aromatic carbocycles. The Kier molecular flexibility index (Phi) is 6.91. The second-order valence-electron chi connectivity index (χ2n) is 12.0. The lowest BCUT2D eigenvalue weighted by Gasteiger charge is -2.17. The van der Waals surface area contributed by atoms with Gasteiger partial charge in [-0.25, -0.2) is 28.3 Å². The highest BCUT2D eigenvalue weighted by atomic mass is 19.1. The molecule has 48 heavy (non-hydrogen) atoms. The number of fused-ring (bicyclic) bond motifs is 4. The molecular formula is C36H27F2N7O3. The first-order chi connectivity index (χ1) is 23.3. The van der Waals surface area contributed by atoms with E-state index in [2.05, 4.69) is 10.2 Å². The zero-order valence-electron chi connectivity index (χ0n) is 25.7. The van der Waals surface area contributed by atoms with Gasteiger partial charge in [0.05, 0.1) is 28.2 Å². The van der Waals surface area contributed by atoms with Gasteiger partial charge in [0.25, 0.3) is 11.4 Å². The Morgan fingerprint density at radius 1 is 0.979 bits per heavy atom. The molecule has 5 heterocycles. The van der Waals surface area contributed by atoms with E-state index in [1.54, 1.807) is 22.9 Å². The summed E-state index contributed by atoms with van der Waals surface area (Å²) in [7, 11) is 0. The van der Waals surface area contributed by atoms with Crippen LogP contribution in [-0.2, 0) is 25.9 Å². The molecule has 8 rings (SSSR count). The summed E-state index contributed by atoms with van der Waals surface area (Å²) in [6.45, 7) is 3.15. The summed E-state index contributed by atoms with van der Waals surface area (Å²) in [5.41, 5.74) is 5.10. The van der Waals surface area contributed by atoms with Crippen molar-refractivity contribution in [1.29, 1.82) is 5.26 Å². The van der Waals surface area contributed by atoms with Crippen molar-refractivity contribution < 1.29 is 13.2 Å². The van der Waals surface area contributed by atoms with E-state index in [4.69, 9.17) is 14.7 Å². The van der Waals surface area contributed by atoms with Gasteiger partial charge < -0.3 is 8.98 Å². The number of benzene rings is 3. The Labute approximate surface area is 271 Å². The van der Waals surface area contributed by atoms with Crippen LogP contribution in [0.1, 0.15) is 41.8 Å². The molecule has 0 saturated heterocycles. The summed E-state index contributed by atoms with van der Waals surface area (Å²) < 4.78 is 39.3. The van der Waals surface area contributed by atoms with Crippen molar-refractivity contribution in [2.45, 2.75) is 45.3 Å². The lowest BCUT2D eigenvalue weighted by Crippen LogP contribution is -2.16. The van der Waals surface area contributed by atoms with Crippen LogP contribution in [0.25, 0.3) is 44.5 Å². The largest absolute Gasteiger partial charge is 0.434 e. The SMILES string of the molecule is C[C@H](c1ccc(C#N)c(F)c1)n1ccc2cc(-c3c(-c4n[nH]c(=O)o4)c(CCc4ccc(F)cc4)nc4c3c(=O)n3n4CCC3)ccc21. The van der Waals surface area contributed by atoms with E-state index in [1.807, 2.05) is 52.7 Å². The molecule has 0 bridgehead atoms. The fourth-order valence-electron chi connectivity index (χ4n) is 6.83. The van der Waals surface area contributed by atoms with Gasteiger partial charge in [0, 0.05) is 35.8 Å². The van der Waals surface area contributed by atoms with Gasteiger partial charge in [0.2, 0.25) is 0 Å². The summed E-state index contributed by atoms with van der Waals surface area (Å²) in [5.74, 6) is -1.62. The zero-order chi connectivity index (χ0) is 33.1. The van der Waals surface area contributed by atoms with Crippen LogP contribution in [0.2, 0.25) is 0 Å². The number of nitriles is 1. The maximum absolute atomic E-state index is 14.5. The van der Waals surface area contributed by atoms with Crippen LogP contribution in [0.5, 0.6) is 0 Å². The molecule has 0 fully saturated rings. The molecule has 12 heteroatoms. The molecule has 7 aromatic rings. The van der Waals surface area contributed by atoms with Crippen LogP contribution in [-0.4, -0.2) is 29.1 Å². The first-order valence-electron chi connectivity index (χ1n) is 15.6. The van der Waals surface area contributed by atoms with Gasteiger partial charge in [-0.3, -0.25) is 9.48 Å². The molecule has 0 amide bonds. The second-order valence-corrected chi connectivity index (χ2v) is 12.0. The number of nitrogens with one attached hydrogen (secondary N) is 1. The lowest BCUT2D eigenvalue weighted by molar-refractivity contribution is 0.526. The number of aryl methyl sites for hydroxylation is 3. The van der Waals surface area contributed by atoms with E-state index >= 15 is 0 Å². The van der Waals surface area contributed by atoms with Crippen molar-refractivity contribution in [3.05, 3.63) is 128 Å². The predicted octanol–water partition coefficient (Wildman–Crippen LogP) is 6.11. The van der Waals surface area contributed by atoms with Gasteiger partial charge in [0.15, 0.2) is 5.65 Å². The summed E-state index contributed by atoms with van der Waals surface area (Å²) >= 11 is 0. The van der Waals surface area contributed by atoms with E-state index < -0.39 is 11.6 Å². The summed E-state index contributed by atoms with van der Waals surface area (Å²) in [4.78, 5) is 31.3. The molecule has 4 aromatic heterocycles. The smallest absolute Gasteiger partial charge is 0.388 e. The number of hydrogen-bond donors (Lipinski definition) is 1. The average Bonchev–Trinajstić information content (AvgIpc) is 3.89. The molecule has 0 radical (unpaired) electrons. The van der Waals surface area contributed by atoms with Crippen molar-refractivity contribution in [1.82, 2.24) is 29.1 Å². The van der Waals surface area contributed by atoms with Gasteiger partial charge in [-0.2, -0.15) is 5.26 Å². The number of pyridine rings is 1. The third-order valence-electron chi connectivity index (χ3n) is 9.22. The lowest BCUT2D eigenvalue weighted by atomic mass is 9.93. The molecule has 0 saturated carbocycles. The maximum atomic E-state index is 14.5. The molecule has 10 nitrogen and oxygen atoms in total. The summed E-state index contributed by atoms with van der Waals surface area (Å²) in [5, 5.41) is 16.9. The Hall–Kier alpha value is -6.09. The number of aromatic amines is 1. The van der Waals surface area contributed by atoms with Crippen molar-refractivity contribution in [3.63, 3.8) is 0 Å². The Bertz CT molecular complexity index is 2550. The van der Waals surface area contributed by atoms with Crippen molar-refractivity contribution in [2.75, 3.05) is 0 Å². The van der Waals surface area contributed by atoms with Gasteiger partial charge in [-0.1, -0.05) is 24.3 Å². The molecule has 1 aliphatic heterocycles. The molecule has 1 aliphatic rings. The number of halogens is 2. The van der Waals surface area contributed by atoms with Crippen LogP contribution in [0.15, 0.2) is 86.9 Å². The third kappa shape index (κ3) is 4.74. The molecule has 1 N–H and O–H groups in total. The standard InChI is InChI=1S/C36H27F2N7O3/c1-20(22-6-7-25(19-39)27(38)18-22)43-16-13-23-17-24(8-12-29(23)43)30-31(34-41-42-36(47)48-34)28(11-5-21-3-9-26(37)10-4-21)40-33-32(30)35(46)45-15-2-14-44(33)45/h3-4,6-10,12-13,16-18,20H,2,5,11,14-15H2,1H3,(H,42,47)/t20-/m1/s1. The van der Waals surface area contributed by atoms with Crippen LogP contribution in [0.3, 0.4) is 0 Å². The quantitative estimate of drug-likeness (QED) is 0.223. The van der Waals surface area contributed by atoms with Crippen LogP contribution in [0.4, 0.5) is 8.78 Å². The molecular weight excluding hydrogens is 616 g/mol. The van der Waals surface area contributed by atoms with Crippen LogP contribution >= 0.6 is 0 Å². The van der Waals surface area contributed by atoms with E-state index in [9.17, 15) is 18.4 Å². The molecule has 0 spiro atoms. The average molecular weight is 644 g/mol. The van der Waals surface area contributed by atoms with Crippen molar-refractivity contribution in [2.24, 2.45) is 0 Å². The fraction of sp³-hybridized carbons (Fsp3) is 0.194. The summed E-state index contributed by atoms with van der Waals surface area (Å²) in [6.07, 6.45) is 3.64. The van der Waals surface area contributed by atoms with Gasteiger partial charge in [-0.05, 0) is 85.3 Å². The second kappa shape index (κ2) is 11.3. The van der Waals surface area contributed by atoms with Crippen LogP contribution in [0, 0.1) is 23.0 Å². The predicted molar refractivity (Wildman–Crippen MR) is 174 cm³/mol. The van der Waals surface area contributed by atoms with Crippen molar-refractivity contribution in [3.8, 4) is 28.7 Å². The Morgan fingerprint density at radius 3 is 2.54 bits per heavy atom. The maximum Gasteiger partial charge on any atom is 0.434 e. The first kappa shape index (κ1) is 29.3. The normalized spacial score (nSPS) is 13.3. The van der Waals surface area contributed by atoms with Crippen molar-refractivity contribution >= 4 is 21.9 Å². The number of aromatic nitrogens is 6. The monoisotopic (exact) mass is 643 g/mol. The van der Waals surface area contributed by atoms with Gasteiger partial charge in [-0.15, -0.1) is 5.10 Å². The molecule has 238 valence electrons. The molecule has 0 aliphatic carbocycles. The fourth-order valence-corrected chi connectivity index (χ4v) is 6.83. The highest BCUT2D eigenvalue weighted by Crippen LogP contribution is 2.40. The van der Waals surface area contributed by atoms with E-state index in [1.165, 1.54) is 24.3 Å². The number of hydrogen-bond acceptors (Lipinski definition) is 6. The van der Waals surface area contributed by atoms with E-state index in [0.717, 1.165) is 22.9 Å². The number of H-pyrrole nitrogens is 1. The van der Waals surface area contributed by atoms with E-state index in [0.29, 0.717) is 64.9 Å². The Balaban J connectivity index is 1.32. The zero-order valence-corrected chi connectivity index (χ0v) is 25.7. The first-order valence-corrected chi connectivity index (χ1v) is 15.6. The van der Waals surface area contributed by atoms with Crippen LogP contribution < -0.4 is 11.3 Å². The van der Waals surface area contributed by atoms with E-state index in [-0.39, 0.29) is 28.9 Å². The summed E-state index contributed by atoms with van der Waals surface area (Å²) in [6, 6.07) is 20.3. The van der Waals surface area contributed by atoms with Gasteiger partial charge in [0.1, 0.15) is 17.7 Å². The minimum atomic E-state index is -0.739. The highest BCUT2D eigenvalue weighted by Gasteiger charge is 2.29. The number of nitrogens with zero attached hydrogens (tertiary/aromatic N) is 6. The molecule has 0 unspecified atom stereocenters.